The number of rotatable bonds is 5. The second-order valence-corrected chi connectivity index (χ2v) is 9.95. The largest absolute Gasteiger partial charge is 0.473 e. The van der Waals surface area contributed by atoms with Crippen molar-refractivity contribution in [2.24, 2.45) is 0 Å². The van der Waals surface area contributed by atoms with Crippen molar-refractivity contribution >= 4 is 35.0 Å². The van der Waals surface area contributed by atoms with E-state index in [2.05, 4.69) is 41.7 Å². The molecule has 2 atom stereocenters. The molecule has 1 aliphatic heterocycles. The van der Waals surface area contributed by atoms with Crippen LogP contribution in [0, 0.1) is 0 Å². The fourth-order valence-corrected chi connectivity index (χ4v) is 6.60. The van der Waals surface area contributed by atoms with Crippen LogP contribution in [-0.2, 0) is 17.8 Å². The van der Waals surface area contributed by atoms with Crippen LogP contribution in [-0.4, -0.2) is 17.6 Å². The number of ether oxygens (including phenoxy) is 1. The van der Waals surface area contributed by atoms with E-state index < -0.39 is 0 Å². The molecule has 1 aromatic heterocycles. The highest BCUT2D eigenvalue weighted by Gasteiger charge is 2.48. The molecule has 6 heteroatoms. The van der Waals surface area contributed by atoms with Gasteiger partial charge in [-0.05, 0) is 55.6 Å². The zero-order chi connectivity index (χ0) is 20.6. The van der Waals surface area contributed by atoms with Gasteiger partial charge in [-0.1, -0.05) is 53.5 Å². The Morgan fingerprint density at radius 3 is 2.63 bits per heavy atom. The lowest BCUT2D eigenvalue weighted by Crippen LogP contribution is -2.42. The number of fused-ring (bicyclic) bond motifs is 3. The van der Waals surface area contributed by atoms with Gasteiger partial charge in [0.05, 0.1) is 4.75 Å². The normalized spacial score (nSPS) is 22.4. The average Bonchev–Trinajstić information content (AvgIpc) is 3.17. The van der Waals surface area contributed by atoms with Gasteiger partial charge in [0, 0.05) is 38.3 Å². The maximum absolute atomic E-state index is 6.27. The summed E-state index contributed by atoms with van der Waals surface area (Å²) in [7, 11) is 0. The molecular weight excluding hydrogens is 435 g/mol. The van der Waals surface area contributed by atoms with Gasteiger partial charge in [0.25, 0.3) is 0 Å². The first kappa shape index (κ1) is 20.2. The molecular formula is C24H22Cl2N2OS. The Bertz CT molecular complexity index is 1040. The zero-order valence-electron chi connectivity index (χ0n) is 16.4. The molecule has 0 spiro atoms. The van der Waals surface area contributed by atoms with Gasteiger partial charge in [0.15, 0.2) is 0 Å². The standard InChI is InChI=1S/C24H22Cl2N2OS/c25-19-7-4-8-20(26)17(19)15-29-23-12-9-18-21(28-23)10-11-22-24(18,13-14-27-22)30-16-5-2-1-3-6-16/h1-9,12,22,27H,10-11,13-15H2. The van der Waals surface area contributed by atoms with Gasteiger partial charge in [-0.3, -0.25) is 0 Å². The summed E-state index contributed by atoms with van der Waals surface area (Å²) in [5, 5.41) is 4.94. The van der Waals surface area contributed by atoms with Crippen LogP contribution in [0.2, 0.25) is 10.0 Å². The van der Waals surface area contributed by atoms with Crippen molar-refractivity contribution in [3.63, 3.8) is 0 Å². The molecule has 5 rings (SSSR count). The molecule has 1 saturated heterocycles. The highest BCUT2D eigenvalue weighted by Crippen LogP contribution is 2.53. The Morgan fingerprint density at radius 1 is 1.03 bits per heavy atom. The maximum atomic E-state index is 6.27. The van der Waals surface area contributed by atoms with E-state index in [1.165, 1.54) is 10.5 Å². The number of nitrogens with one attached hydrogen (secondary N) is 1. The summed E-state index contributed by atoms with van der Waals surface area (Å²) >= 11 is 14.5. The summed E-state index contributed by atoms with van der Waals surface area (Å²) in [5.41, 5.74) is 3.26. The molecule has 154 valence electrons. The molecule has 2 aliphatic rings. The van der Waals surface area contributed by atoms with Crippen molar-refractivity contribution in [3.05, 3.63) is 87.5 Å². The molecule has 2 unspecified atom stereocenters. The van der Waals surface area contributed by atoms with Crippen LogP contribution in [0.25, 0.3) is 0 Å². The van der Waals surface area contributed by atoms with Crippen LogP contribution in [0.5, 0.6) is 5.88 Å². The Kier molecular flexibility index (Phi) is 5.67. The third-order valence-corrected chi connectivity index (χ3v) is 8.28. The van der Waals surface area contributed by atoms with Gasteiger partial charge in [-0.2, -0.15) is 0 Å². The van der Waals surface area contributed by atoms with E-state index in [1.807, 2.05) is 36.0 Å². The van der Waals surface area contributed by atoms with Crippen LogP contribution in [0.3, 0.4) is 0 Å². The number of hydrogen-bond donors (Lipinski definition) is 1. The fraction of sp³-hybridized carbons (Fsp3) is 0.292. The maximum Gasteiger partial charge on any atom is 0.213 e. The lowest BCUT2D eigenvalue weighted by molar-refractivity contribution is 0.291. The first-order chi connectivity index (χ1) is 14.7. The predicted octanol–water partition coefficient (Wildman–Crippen LogP) is 6.26. The third-order valence-electron chi connectivity index (χ3n) is 5.99. The number of pyridine rings is 1. The molecule has 2 heterocycles. The summed E-state index contributed by atoms with van der Waals surface area (Å²) in [4.78, 5) is 6.18. The summed E-state index contributed by atoms with van der Waals surface area (Å²) in [5.74, 6) is 0.619. The monoisotopic (exact) mass is 456 g/mol. The first-order valence-electron chi connectivity index (χ1n) is 10.2. The Hall–Kier alpha value is -1.72. The zero-order valence-corrected chi connectivity index (χ0v) is 18.7. The molecule has 1 aliphatic carbocycles. The van der Waals surface area contributed by atoms with E-state index in [1.54, 1.807) is 0 Å². The van der Waals surface area contributed by atoms with E-state index in [0.29, 0.717) is 28.6 Å². The first-order valence-corrected chi connectivity index (χ1v) is 11.8. The summed E-state index contributed by atoms with van der Waals surface area (Å²) < 4.78 is 6.00. The SMILES string of the molecule is Clc1cccc(Cl)c1COc1ccc2c(n1)CCC1NCCC21Sc1ccccc1. The van der Waals surface area contributed by atoms with E-state index in [9.17, 15) is 0 Å². The molecule has 0 radical (unpaired) electrons. The van der Waals surface area contributed by atoms with E-state index in [4.69, 9.17) is 32.9 Å². The second kappa shape index (κ2) is 8.43. The lowest BCUT2D eigenvalue weighted by atomic mass is 9.81. The lowest BCUT2D eigenvalue weighted by Gasteiger charge is -2.40. The second-order valence-electron chi connectivity index (χ2n) is 7.73. The topological polar surface area (TPSA) is 34.1 Å². The number of nitrogens with zero attached hydrogens (tertiary/aromatic N) is 1. The molecule has 0 bridgehead atoms. The number of benzene rings is 2. The van der Waals surface area contributed by atoms with E-state index in [0.717, 1.165) is 37.1 Å². The minimum Gasteiger partial charge on any atom is -0.473 e. The minimum atomic E-state index is 0.0204. The smallest absolute Gasteiger partial charge is 0.213 e. The molecule has 3 aromatic rings. The average molecular weight is 457 g/mol. The highest BCUT2D eigenvalue weighted by atomic mass is 35.5. The number of aromatic nitrogens is 1. The third kappa shape index (κ3) is 3.71. The van der Waals surface area contributed by atoms with E-state index >= 15 is 0 Å². The molecule has 1 N–H and O–H groups in total. The molecule has 1 fully saturated rings. The number of hydrogen-bond acceptors (Lipinski definition) is 4. The van der Waals surface area contributed by atoms with Crippen LogP contribution in [0.1, 0.15) is 29.7 Å². The molecule has 0 amide bonds. The fourth-order valence-electron chi connectivity index (χ4n) is 4.54. The van der Waals surface area contributed by atoms with Gasteiger partial charge in [-0.15, -0.1) is 11.8 Å². The van der Waals surface area contributed by atoms with Gasteiger partial charge in [-0.25, -0.2) is 4.98 Å². The van der Waals surface area contributed by atoms with Crippen LogP contribution < -0.4 is 10.1 Å². The van der Waals surface area contributed by atoms with Crippen molar-refractivity contribution in [3.8, 4) is 5.88 Å². The van der Waals surface area contributed by atoms with Crippen LogP contribution in [0.4, 0.5) is 0 Å². The Morgan fingerprint density at radius 2 is 1.83 bits per heavy atom. The van der Waals surface area contributed by atoms with Gasteiger partial charge < -0.3 is 10.1 Å². The minimum absolute atomic E-state index is 0.0204. The Balaban J connectivity index is 1.43. The van der Waals surface area contributed by atoms with Gasteiger partial charge in [0.1, 0.15) is 6.61 Å². The molecule has 3 nitrogen and oxygen atoms in total. The van der Waals surface area contributed by atoms with Crippen LogP contribution >= 0.6 is 35.0 Å². The highest BCUT2D eigenvalue weighted by molar-refractivity contribution is 8.00. The van der Waals surface area contributed by atoms with Crippen molar-refractivity contribution in [2.45, 2.75) is 41.6 Å². The summed E-state index contributed by atoms with van der Waals surface area (Å²) in [6.45, 7) is 1.34. The quantitative estimate of drug-likeness (QED) is 0.490. The van der Waals surface area contributed by atoms with Crippen molar-refractivity contribution in [2.75, 3.05) is 6.54 Å². The van der Waals surface area contributed by atoms with Crippen molar-refractivity contribution < 1.29 is 4.74 Å². The van der Waals surface area contributed by atoms with Gasteiger partial charge >= 0.3 is 0 Å². The molecule has 30 heavy (non-hydrogen) atoms. The van der Waals surface area contributed by atoms with E-state index in [-0.39, 0.29) is 4.75 Å². The van der Waals surface area contributed by atoms with Gasteiger partial charge in [0.2, 0.25) is 5.88 Å². The number of thioether (sulfide) groups is 1. The molecule has 0 saturated carbocycles. The van der Waals surface area contributed by atoms with Crippen molar-refractivity contribution in [1.29, 1.82) is 0 Å². The number of halogens is 2. The van der Waals surface area contributed by atoms with Crippen LogP contribution in [0.15, 0.2) is 65.6 Å². The Labute approximate surface area is 191 Å². The number of aryl methyl sites for hydroxylation is 1. The summed E-state index contributed by atoms with van der Waals surface area (Å²) in [6, 6.07) is 20.8. The van der Waals surface area contributed by atoms with Crippen molar-refractivity contribution in [1.82, 2.24) is 10.3 Å². The summed E-state index contributed by atoms with van der Waals surface area (Å²) in [6.07, 6.45) is 3.13. The molecule has 2 aromatic carbocycles. The predicted molar refractivity (Wildman–Crippen MR) is 124 cm³/mol.